The molecule has 0 saturated heterocycles. The van der Waals surface area contributed by atoms with Crippen LogP contribution in [0.3, 0.4) is 0 Å². The molecule has 0 aliphatic heterocycles. The van der Waals surface area contributed by atoms with Crippen LogP contribution in [0.15, 0.2) is 5.51 Å². The predicted octanol–water partition coefficient (Wildman–Crippen LogP) is 1.93. The van der Waals surface area contributed by atoms with E-state index in [0.717, 1.165) is 3.14 Å². The molecule has 0 N–H and O–H groups in total. The Balaban J connectivity index is 3.41. The number of hydrogen-bond donors (Lipinski definition) is 0. The number of rotatable bonds is 0. The summed E-state index contributed by atoms with van der Waals surface area (Å²) in [5.74, 6) is 0. The SMILES string of the molecule is S=c1scns1. The van der Waals surface area contributed by atoms with Gasteiger partial charge in [0.15, 0.2) is 3.14 Å². The van der Waals surface area contributed by atoms with E-state index in [9.17, 15) is 0 Å². The van der Waals surface area contributed by atoms with Crippen molar-refractivity contribution in [1.82, 2.24) is 4.37 Å². The maximum Gasteiger partial charge on any atom is 0.163 e. The van der Waals surface area contributed by atoms with Gasteiger partial charge in [-0.3, -0.25) is 0 Å². The molecule has 6 heavy (non-hydrogen) atoms. The summed E-state index contributed by atoms with van der Waals surface area (Å²) in [4.78, 5) is 0. The second-order valence-electron chi connectivity index (χ2n) is 0.670. The van der Waals surface area contributed by atoms with Gasteiger partial charge in [0.05, 0.1) is 5.51 Å². The molecule has 1 rings (SSSR count). The molecule has 1 heterocycles. The van der Waals surface area contributed by atoms with E-state index in [0.29, 0.717) is 0 Å². The van der Waals surface area contributed by atoms with Crippen LogP contribution in [0.5, 0.6) is 0 Å². The van der Waals surface area contributed by atoms with Gasteiger partial charge in [0, 0.05) is 0 Å². The highest BCUT2D eigenvalue weighted by atomic mass is 32.2. The first-order valence-electron chi connectivity index (χ1n) is 1.29. The first-order valence-corrected chi connectivity index (χ1v) is 3.35. The lowest BCUT2D eigenvalue weighted by Gasteiger charge is -1.44. The Labute approximate surface area is 48.4 Å². The highest BCUT2D eigenvalue weighted by Crippen LogP contribution is 2.01. The summed E-state index contributed by atoms with van der Waals surface area (Å²) in [7, 11) is 0. The number of hydrogen-bond acceptors (Lipinski definition) is 4. The van der Waals surface area contributed by atoms with Crippen LogP contribution in [0.1, 0.15) is 0 Å². The second-order valence-corrected chi connectivity index (χ2v) is 3.51. The van der Waals surface area contributed by atoms with Crippen LogP contribution >= 0.6 is 35.1 Å². The van der Waals surface area contributed by atoms with Gasteiger partial charge in [-0.25, -0.2) is 0 Å². The van der Waals surface area contributed by atoms with E-state index in [2.05, 4.69) is 4.37 Å². The average Bonchev–Trinajstić information content (AvgIpc) is 1.86. The van der Waals surface area contributed by atoms with Gasteiger partial charge in [-0.1, -0.05) is 23.6 Å². The molecule has 0 spiro atoms. The Morgan fingerprint density at radius 3 is 2.83 bits per heavy atom. The van der Waals surface area contributed by atoms with Crippen LogP contribution in [-0.4, -0.2) is 4.37 Å². The lowest BCUT2D eigenvalue weighted by molar-refractivity contribution is 1.64. The van der Waals surface area contributed by atoms with Crippen molar-refractivity contribution in [1.29, 1.82) is 0 Å². The molecule has 0 radical (unpaired) electrons. The molecule has 0 saturated carbocycles. The minimum atomic E-state index is 0.898. The minimum absolute atomic E-state index is 0.898. The van der Waals surface area contributed by atoms with Crippen molar-refractivity contribution >= 4 is 35.1 Å². The maximum atomic E-state index is 4.72. The van der Waals surface area contributed by atoms with E-state index in [1.165, 1.54) is 22.9 Å². The van der Waals surface area contributed by atoms with Gasteiger partial charge in [0.2, 0.25) is 0 Å². The fourth-order valence-corrected chi connectivity index (χ4v) is 1.36. The van der Waals surface area contributed by atoms with E-state index in [-0.39, 0.29) is 0 Å². The molecule has 0 aliphatic rings. The molecular formula is C2HNS3. The largest absolute Gasteiger partial charge is 0.188 e. The summed E-state index contributed by atoms with van der Waals surface area (Å²) in [5.41, 5.74) is 1.74. The van der Waals surface area contributed by atoms with E-state index in [1.54, 1.807) is 5.51 Å². The van der Waals surface area contributed by atoms with Gasteiger partial charge in [-0.05, 0) is 11.5 Å². The lowest BCUT2D eigenvalue weighted by atomic mass is 11.7. The first kappa shape index (κ1) is 4.36. The molecule has 0 aliphatic carbocycles. The first-order chi connectivity index (χ1) is 2.89. The minimum Gasteiger partial charge on any atom is -0.188 e. The molecule has 0 bridgehead atoms. The Morgan fingerprint density at radius 2 is 2.67 bits per heavy atom. The molecule has 32 valence electrons. The van der Waals surface area contributed by atoms with Crippen LogP contribution in [0, 0.1) is 3.14 Å². The standard InChI is InChI=1S/C2HNS3/c4-2-5-1-3-6-2/h1H. The van der Waals surface area contributed by atoms with E-state index in [1.807, 2.05) is 0 Å². The quantitative estimate of drug-likeness (QED) is 0.504. The summed E-state index contributed by atoms with van der Waals surface area (Å²) in [6.45, 7) is 0. The van der Waals surface area contributed by atoms with Crippen molar-refractivity contribution < 1.29 is 0 Å². The van der Waals surface area contributed by atoms with Crippen LogP contribution in [-0.2, 0) is 0 Å². The highest BCUT2D eigenvalue weighted by Gasteiger charge is 1.71. The molecule has 4 heteroatoms. The second kappa shape index (κ2) is 1.77. The van der Waals surface area contributed by atoms with Crippen LogP contribution in [0.2, 0.25) is 0 Å². The fraction of sp³-hybridized carbons (Fsp3) is 0. The highest BCUT2D eigenvalue weighted by molar-refractivity contribution is 7.76. The number of aromatic nitrogens is 1. The van der Waals surface area contributed by atoms with Crippen LogP contribution in [0.4, 0.5) is 0 Å². The Hall–Kier alpha value is 0.200. The maximum absolute atomic E-state index is 4.72. The van der Waals surface area contributed by atoms with Crippen molar-refractivity contribution in [2.45, 2.75) is 0 Å². The van der Waals surface area contributed by atoms with Gasteiger partial charge in [-0.15, -0.1) is 0 Å². The van der Waals surface area contributed by atoms with Crippen molar-refractivity contribution in [3.63, 3.8) is 0 Å². The monoisotopic (exact) mass is 135 g/mol. The smallest absolute Gasteiger partial charge is 0.163 e. The van der Waals surface area contributed by atoms with Gasteiger partial charge >= 0.3 is 0 Å². The van der Waals surface area contributed by atoms with E-state index in [4.69, 9.17) is 12.2 Å². The fourth-order valence-electron chi connectivity index (χ4n) is 0.151. The zero-order valence-corrected chi connectivity index (χ0v) is 5.20. The van der Waals surface area contributed by atoms with Gasteiger partial charge in [0.1, 0.15) is 0 Å². The molecule has 0 aromatic carbocycles. The van der Waals surface area contributed by atoms with Gasteiger partial charge in [0.25, 0.3) is 0 Å². The Bertz CT molecular complexity index is 147. The molecule has 1 nitrogen and oxygen atoms in total. The van der Waals surface area contributed by atoms with Crippen molar-refractivity contribution in [2.24, 2.45) is 0 Å². The van der Waals surface area contributed by atoms with Gasteiger partial charge < -0.3 is 0 Å². The van der Waals surface area contributed by atoms with Crippen LogP contribution in [0.25, 0.3) is 0 Å². The third-order valence-corrected chi connectivity index (χ3v) is 2.24. The molecular weight excluding hydrogens is 134 g/mol. The zero-order valence-electron chi connectivity index (χ0n) is 2.75. The van der Waals surface area contributed by atoms with Crippen LogP contribution < -0.4 is 0 Å². The van der Waals surface area contributed by atoms with Gasteiger partial charge in [-0.2, -0.15) is 4.37 Å². The summed E-state index contributed by atoms with van der Waals surface area (Å²) >= 11 is 7.58. The molecule has 1 aromatic rings. The van der Waals surface area contributed by atoms with Crippen molar-refractivity contribution in [3.05, 3.63) is 8.65 Å². The molecule has 0 amide bonds. The third-order valence-electron chi connectivity index (χ3n) is 0.319. The molecule has 1 aromatic heterocycles. The summed E-state index contributed by atoms with van der Waals surface area (Å²) in [6.07, 6.45) is 0. The van der Waals surface area contributed by atoms with E-state index < -0.39 is 0 Å². The van der Waals surface area contributed by atoms with Crippen molar-refractivity contribution in [3.8, 4) is 0 Å². The zero-order chi connectivity index (χ0) is 4.41. The van der Waals surface area contributed by atoms with E-state index >= 15 is 0 Å². The predicted molar refractivity (Wildman–Crippen MR) is 30.8 cm³/mol. The third kappa shape index (κ3) is 0.830. The summed E-state index contributed by atoms with van der Waals surface area (Å²) in [5, 5.41) is 0. The molecule has 0 fully saturated rings. The average molecular weight is 135 g/mol. The lowest BCUT2D eigenvalue weighted by Crippen LogP contribution is -1.30. The topological polar surface area (TPSA) is 12.9 Å². The number of nitrogens with zero attached hydrogens (tertiary/aromatic N) is 1. The normalized spacial score (nSPS) is 8.67. The summed E-state index contributed by atoms with van der Waals surface area (Å²) in [6, 6.07) is 0. The Morgan fingerprint density at radius 1 is 1.83 bits per heavy atom. The van der Waals surface area contributed by atoms with Crippen molar-refractivity contribution in [2.75, 3.05) is 0 Å². The molecule has 0 unspecified atom stereocenters. The Kier molecular flexibility index (Phi) is 1.29. The molecule has 0 atom stereocenters. The summed E-state index contributed by atoms with van der Waals surface area (Å²) < 4.78 is 4.68.